The molecule has 1 N–H and O–H groups in total. The number of likely N-dealkylation sites (tertiary alicyclic amines) is 1. The number of hydrogen-bond acceptors (Lipinski definition) is 3. The second-order valence-electron chi connectivity index (χ2n) is 5.67. The zero-order valence-corrected chi connectivity index (χ0v) is 13.6. The van der Waals surface area contributed by atoms with Crippen LogP contribution in [0.5, 0.6) is 0 Å². The molecule has 2 unspecified atom stereocenters. The molecule has 0 amide bonds. The highest BCUT2D eigenvalue weighted by atomic mass is 35.5. The Balaban J connectivity index is 2.19. The zero-order valence-electron chi connectivity index (χ0n) is 12.1. The summed E-state index contributed by atoms with van der Waals surface area (Å²) in [7, 11) is -3.16. The average molecular weight is 311 g/mol. The van der Waals surface area contributed by atoms with E-state index in [-0.39, 0.29) is 11.7 Å². The van der Waals surface area contributed by atoms with Crippen molar-refractivity contribution in [2.24, 2.45) is 5.92 Å². The minimum absolute atomic E-state index is 0.00119. The Bertz CT molecular complexity index is 349. The Kier molecular flexibility index (Phi) is 7.65. The van der Waals surface area contributed by atoms with E-state index in [0.29, 0.717) is 18.5 Å². The molecule has 0 aromatic carbocycles. The molecule has 0 radical (unpaired) electrons. The summed E-state index contributed by atoms with van der Waals surface area (Å²) in [6.45, 7) is 6.76. The van der Waals surface area contributed by atoms with E-state index in [1.54, 1.807) is 0 Å². The van der Waals surface area contributed by atoms with E-state index in [0.717, 1.165) is 19.5 Å². The number of piperidine rings is 1. The molecule has 0 aromatic heterocycles. The third-order valence-electron chi connectivity index (χ3n) is 3.65. The third-order valence-corrected chi connectivity index (χ3v) is 5.83. The van der Waals surface area contributed by atoms with Gasteiger partial charge in [0.1, 0.15) is 0 Å². The van der Waals surface area contributed by atoms with Crippen LogP contribution < -0.4 is 4.72 Å². The first-order valence-corrected chi connectivity index (χ1v) is 9.40. The van der Waals surface area contributed by atoms with Crippen molar-refractivity contribution in [1.29, 1.82) is 0 Å². The number of rotatable bonds is 8. The van der Waals surface area contributed by atoms with Crippen LogP contribution in [0.2, 0.25) is 0 Å². The van der Waals surface area contributed by atoms with Crippen LogP contribution in [0.3, 0.4) is 0 Å². The Morgan fingerprint density at radius 1 is 1.42 bits per heavy atom. The van der Waals surface area contributed by atoms with Crippen LogP contribution >= 0.6 is 11.6 Å². The van der Waals surface area contributed by atoms with Crippen LogP contribution in [0.15, 0.2) is 0 Å². The van der Waals surface area contributed by atoms with Crippen LogP contribution in [-0.2, 0) is 10.0 Å². The predicted molar refractivity (Wildman–Crippen MR) is 81.2 cm³/mol. The average Bonchev–Trinajstić information content (AvgIpc) is 2.36. The van der Waals surface area contributed by atoms with Crippen molar-refractivity contribution in [3.63, 3.8) is 0 Å². The first-order valence-electron chi connectivity index (χ1n) is 7.22. The van der Waals surface area contributed by atoms with Gasteiger partial charge in [-0.3, -0.25) is 0 Å². The van der Waals surface area contributed by atoms with Crippen molar-refractivity contribution in [3.05, 3.63) is 0 Å². The van der Waals surface area contributed by atoms with E-state index in [1.807, 2.05) is 6.92 Å². The lowest BCUT2D eigenvalue weighted by Gasteiger charge is -2.33. The molecule has 0 aliphatic carbocycles. The minimum atomic E-state index is -3.16. The molecule has 1 aliphatic rings. The van der Waals surface area contributed by atoms with Crippen LogP contribution in [0.1, 0.15) is 39.5 Å². The van der Waals surface area contributed by atoms with Gasteiger partial charge in [-0.05, 0) is 45.2 Å². The molecule has 2 atom stereocenters. The molecule has 19 heavy (non-hydrogen) atoms. The standard InChI is InChI=1S/C13H27ClN2O2S/c1-12(10-14)11-19(17,18)15-7-5-9-16-8-4-3-6-13(16)2/h12-13,15H,3-11H2,1-2H3. The van der Waals surface area contributed by atoms with Gasteiger partial charge in [-0.1, -0.05) is 13.3 Å². The van der Waals surface area contributed by atoms with Gasteiger partial charge in [0.25, 0.3) is 0 Å². The Morgan fingerprint density at radius 2 is 2.16 bits per heavy atom. The molecular formula is C13H27ClN2O2S. The van der Waals surface area contributed by atoms with Crippen molar-refractivity contribution < 1.29 is 8.42 Å². The SMILES string of the molecule is CC(CCl)CS(=O)(=O)NCCCN1CCCCC1C. The lowest BCUT2D eigenvalue weighted by Crippen LogP contribution is -2.39. The number of nitrogens with zero attached hydrogens (tertiary/aromatic N) is 1. The molecule has 1 fully saturated rings. The lowest BCUT2D eigenvalue weighted by molar-refractivity contribution is 0.159. The van der Waals surface area contributed by atoms with E-state index in [4.69, 9.17) is 11.6 Å². The Labute approximate surface area is 122 Å². The van der Waals surface area contributed by atoms with E-state index < -0.39 is 10.0 Å². The normalized spacial score (nSPS) is 23.4. The minimum Gasteiger partial charge on any atom is -0.301 e. The Hall–Kier alpha value is 0.160. The zero-order chi connectivity index (χ0) is 14.3. The molecule has 114 valence electrons. The first-order chi connectivity index (χ1) is 8.94. The highest BCUT2D eigenvalue weighted by Gasteiger charge is 2.18. The maximum atomic E-state index is 11.7. The van der Waals surface area contributed by atoms with Crippen molar-refractivity contribution in [2.45, 2.75) is 45.6 Å². The maximum Gasteiger partial charge on any atom is 0.211 e. The van der Waals surface area contributed by atoms with Gasteiger partial charge in [0.15, 0.2) is 0 Å². The molecule has 1 aliphatic heterocycles. The van der Waals surface area contributed by atoms with Crippen LogP contribution in [0.25, 0.3) is 0 Å². The van der Waals surface area contributed by atoms with Gasteiger partial charge in [0.05, 0.1) is 5.75 Å². The van der Waals surface area contributed by atoms with E-state index >= 15 is 0 Å². The number of nitrogens with one attached hydrogen (secondary N) is 1. The molecule has 1 saturated heterocycles. The summed E-state index contributed by atoms with van der Waals surface area (Å²) in [6.07, 6.45) is 4.72. The van der Waals surface area contributed by atoms with Crippen LogP contribution in [0, 0.1) is 5.92 Å². The third kappa shape index (κ3) is 6.93. The monoisotopic (exact) mass is 310 g/mol. The van der Waals surface area contributed by atoms with Crippen LogP contribution in [0.4, 0.5) is 0 Å². The number of sulfonamides is 1. The number of hydrogen-bond donors (Lipinski definition) is 1. The smallest absolute Gasteiger partial charge is 0.211 e. The summed E-state index contributed by atoms with van der Waals surface area (Å²) in [4.78, 5) is 2.46. The van der Waals surface area contributed by atoms with Crippen molar-refractivity contribution >= 4 is 21.6 Å². The fourth-order valence-electron chi connectivity index (χ4n) is 2.48. The molecule has 1 rings (SSSR count). The maximum absolute atomic E-state index is 11.7. The molecule has 0 aromatic rings. The van der Waals surface area contributed by atoms with Gasteiger partial charge in [-0.15, -0.1) is 11.6 Å². The first kappa shape index (κ1) is 17.2. The summed E-state index contributed by atoms with van der Waals surface area (Å²) >= 11 is 5.64. The molecule has 0 bridgehead atoms. The number of alkyl halides is 1. The summed E-state index contributed by atoms with van der Waals surface area (Å²) in [5.74, 6) is 0.504. The van der Waals surface area contributed by atoms with Crippen molar-refractivity contribution in [3.8, 4) is 0 Å². The summed E-state index contributed by atoms with van der Waals surface area (Å²) < 4.78 is 26.1. The molecule has 6 heteroatoms. The number of halogens is 1. The molecule has 0 spiro atoms. The van der Waals surface area contributed by atoms with Crippen molar-refractivity contribution in [1.82, 2.24) is 9.62 Å². The quantitative estimate of drug-likeness (QED) is 0.551. The summed E-state index contributed by atoms with van der Waals surface area (Å²) in [5, 5.41) is 0. The second-order valence-corrected chi connectivity index (χ2v) is 7.83. The largest absolute Gasteiger partial charge is 0.301 e. The van der Waals surface area contributed by atoms with E-state index in [1.165, 1.54) is 19.3 Å². The van der Waals surface area contributed by atoms with Crippen LogP contribution in [-0.4, -0.2) is 50.6 Å². The van der Waals surface area contributed by atoms with E-state index in [2.05, 4.69) is 16.5 Å². The molecule has 0 saturated carbocycles. The van der Waals surface area contributed by atoms with Gasteiger partial charge in [0.2, 0.25) is 10.0 Å². The fourth-order valence-corrected chi connectivity index (χ4v) is 4.16. The fraction of sp³-hybridized carbons (Fsp3) is 1.00. The topological polar surface area (TPSA) is 49.4 Å². The molecule has 1 heterocycles. The molecular weight excluding hydrogens is 284 g/mol. The predicted octanol–water partition coefficient (Wildman–Crippen LogP) is 2.05. The highest BCUT2D eigenvalue weighted by molar-refractivity contribution is 7.89. The van der Waals surface area contributed by atoms with Crippen molar-refractivity contribution in [2.75, 3.05) is 31.3 Å². The molecule has 4 nitrogen and oxygen atoms in total. The van der Waals surface area contributed by atoms with Gasteiger partial charge in [-0.25, -0.2) is 13.1 Å². The summed E-state index contributed by atoms with van der Waals surface area (Å²) in [6, 6.07) is 0.640. The highest BCUT2D eigenvalue weighted by Crippen LogP contribution is 2.16. The Morgan fingerprint density at radius 3 is 2.79 bits per heavy atom. The van der Waals surface area contributed by atoms with Gasteiger partial charge >= 0.3 is 0 Å². The second kappa shape index (κ2) is 8.45. The van der Waals surface area contributed by atoms with Gasteiger partial charge < -0.3 is 4.90 Å². The summed E-state index contributed by atoms with van der Waals surface area (Å²) in [5.41, 5.74) is 0. The van der Waals surface area contributed by atoms with E-state index in [9.17, 15) is 8.42 Å². The lowest BCUT2D eigenvalue weighted by atomic mass is 10.0. The van der Waals surface area contributed by atoms with Gasteiger partial charge in [-0.2, -0.15) is 0 Å². The van der Waals surface area contributed by atoms with Gasteiger partial charge in [0, 0.05) is 18.5 Å².